The molecular weight excluding hydrogens is 603 g/mol. The van der Waals surface area contributed by atoms with Gasteiger partial charge in [-0.05, 0) is 67.3 Å². The van der Waals surface area contributed by atoms with Gasteiger partial charge in [-0.3, -0.25) is 13.9 Å². The van der Waals surface area contributed by atoms with E-state index in [1.807, 2.05) is 0 Å². The number of carbonyl (C=O) groups is 2. The number of sulfonamides is 1. The highest BCUT2D eigenvalue weighted by Gasteiger charge is 2.36. The molecule has 1 atom stereocenters. The number of nitrogens with one attached hydrogen (secondary N) is 1. The maximum Gasteiger partial charge on any atom is 0.416 e. The highest BCUT2D eigenvalue weighted by atomic mass is 35.5. The Morgan fingerprint density at radius 3 is 2.23 bits per heavy atom. The van der Waals surface area contributed by atoms with Gasteiger partial charge in [0.05, 0.1) is 16.1 Å². The van der Waals surface area contributed by atoms with Crippen molar-refractivity contribution in [2.75, 3.05) is 10.8 Å². The van der Waals surface area contributed by atoms with Crippen molar-refractivity contribution in [3.63, 3.8) is 0 Å². The van der Waals surface area contributed by atoms with Crippen molar-refractivity contribution in [3.05, 3.63) is 95.0 Å². The lowest BCUT2D eigenvalue weighted by Gasteiger charge is -2.34. The molecule has 3 aromatic carbocycles. The Kier molecular flexibility index (Phi) is 10.4. The van der Waals surface area contributed by atoms with Crippen molar-refractivity contribution in [2.24, 2.45) is 0 Å². The van der Waals surface area contributed by atoms with Crippen molar-refractivity contribution >= 4 is 39.1 Å². The summed E-state index contributed by atoms with van der Waals surface area (Å²) in [5.41, 5.74) is -0.755. The number of amides is 2. The maximum absolute atomic E-state index is 14.1. The fraction of sp³-hybridized carbons (Fsp3) is 0.355. The van der Waals surface area contributed by atoms with E-state index in [0.717, 1.165) is 37.8 Å². The Hall–Kier alpha value is -3.57. The quantitative estimate of drug-likeness (QED) is 0.263. The monoisotopic (exact) mass is 635 g/mol. The van der Waals surface area contributed by atoms with Crippen LogP contribution in [0.25, 0.3) is 0 Å². The summed E-state index contributed by atoms with van der Waals surface area (Å²) in [5.74, 6) is -1.12. The van der Waals surface area contributed by atoms with Crippen LogP contribution in [-0.4, -0.2) is 43.8 Å². The molecular formula is C31H33ClF3N3O4S. The topological polar surface area (TPSA) is 86.8 Å². The summed E-state index contributed by atoms with van der Waals surface area (Å²) in [6, 6.07) is 16.6. The highest BCUT2D eigenvalue weighted by molar-refractivity contribution is 7.92. The number of benzene rings is 3. The minimum Gasteiger partial charge on any atom is -0.352 e. The predicted molar refractivity (Wildman–Crippen MR) is 159 cm³/mol. The third-order valence-electron chi connectivity index (χ3n) is 7.43. The molecule has 1 N–H and O–H groups in total. The SMILES string of the molecule is CC[C@@H](C(=O)NC1CCCC1)N(Cc1ccc(Cl)cc1)C(=O)CN(c1cccc(C(F)(F)F)c1)S(=O)(=O)c1ccccc1. The molecule has 0 aromatic heterocycles. The zero-order valence-corrected chi connectivity index (χ0v) is 25.1. The lowest BCUT2D eigenvalue weighted by molar-refractivity contribution is -0.140. The first-order valence-corrected chi connectivity index (χ1v) is 15.8. The van der Waals surface area contributed by atoms with Gasteiger partial charge in [-0.2, -0.15) is 13.2 Å². The maximum atomic E-state index is 14.1. The van der Waals surface area contributed by atoms with E-state index in [9.17, 15) is 31.2 Å². The summed E-state index contributed by atoms with van der Waals surface area (Å²) < 4.78 is 69.2. The molecule has 0 unspecified atom stereocenters. The van der Waals surface area contributed by atoms with E-state index < -0.39 is 40.3 Å². The number of hydrogen-bond donors (Lipinski definition) is 1. The van der Waals surface area contributed by atoms with Gasteiger partial charge in [0.25, 0.3) is 10.0 Å². The van der Waals surface area contributed by atoms with Crippen molar-refractivity contribution in [3.8, 4) is 0 Å². The van der Waals surface area contributed by atoms with Crippen LogP contribution < -0.4 is 9.62 Å². The number of anilines is 1. The Balaban J connectivity index is 1.74. The van der Waals surface area contributed by atoms with Crippen LogP contribution >= 0.6 is 11.6 Å². The molecule has 0 saturated heterocycles. The minimum absolute atomic E-state index is 0.0194. The molecule has 3 aromatic rings. The highest BCUT2D eigenvalue weighted by Crippen LogP contribution is 2.33. The summed E-state index contributed by atoms with van der Waals surface area (Å²) in [6.07, 6.45) is -0.893. The lowest BCUT2D eigenvalue weighted by Crippen LogP contribution is -2.53. The Morgan fingerprint density at radius 2 is 1.63 bits per heavy atom. The molecule has 0 heterocycles. The number of halogens is 4. The van der Waals surface area contributed by atoms with Crippen LogP contribution in [0.3, 0.4) is 0 Å². The molecule has 7 nitrogen and oxygen atoms in total. The Bertz CT molecular complexity index is 1510. The number of carbonyl (C=O) groups excluding carboxylic acids is 2. The fourth-order valence-corrected chi connectivity index (χ4v) is 6.71. The van der Waals surface area contributed by atoms with E-state index in [4.69, 9.17) is 11.6 Å². The van der Waals surface area contributed by atoms with Crippen LogP contribution in [0.1, 0.15) is 50.2 Å². The second kappa shape index (κ2) is 13.8. The molecule has 0 bridgehead atoms. The van der Waals surface area contributed by atoms with Gasteiger partial charge in [-0.1, -0.05) is 67.8 Å². The van der Waals surface area contributed by atoms with E-state index in [-0.39, 0.29) is 35.5 Å². The predicted octanol–water partition coefficient (Wildman–Crippen LogP) is 6.42. The standard InChI is InChI=1S/C31H33ClF3N3O4S/c1-2-28(30(40)36-25-10-6-7-11-25)37(20-22-15-17-24(32)18-16-22)29(39)21-38(43(41,42)27-13-4-3-5-14-27)26-12-8-9-23(19-26)31(33,34)35/h3-5,8-9,12-19,25,28H,2,6-7,10-11,20-21H2,1H3,(H,36,40)/t28-/m0/s1. The van der Waals surface area contributed by atoms with Crippen LogP contribution in [0.2, 0.25) is 5.02 Å². The van der Waals surface area contributed by atoms with Crippen LogP contribution in [0.5, 0.6) is 0 Å². The first-order chi connectivity index (χ1) is 20.4. The van der Waals surface area contributed by atoms with Crippen LogP contribution in [-0.2, 0) is 32.3 Å². The molecule has 1 fully saturated rings. The molecule has 12 heteroatoms. The molecule has 230 valence electrons. The Morgan fingerprint density at radius 1 is 0.977 bits per heavy atom. The van der Waals surface area contributed by atoms with E-state index in [2.05, 4.69) is 5.32 Å². The zero-order valence-electron chi connectivity index (χ0n) is 23.6. The number of rotatable bonds is 11. The van der Waals surface area contributed by atoms with Gasteiger partial charge in [0.1, 0.15) is 12.6 Å². The third-order valence-corrected chi connectivity index (χ3v) is 9.47. The van der Waals surface area contributed by atoms with Crippen LogP contribution in [0, 0.1) is 0 Å². The van der Waals surface area contributed by atoms with Crippen LogP contribution in [0.15, 0.2) is 83.8 Å². The summed E-state index contributed by atoms with van der Waals surface area (Å²) in [4.78, 5) is 28.6. The average molecular weight is 636 g/mol. The van der Waals surface area contributed by atoms with Gasteiger partial charge in [0, 0.05) is 17.6 Å². The Labute approximate surface area is 254 Å². The van der Waals surface area contributed by atoms with Crippen molar-refractivity contribution in [2.45, 2.75) is 68.7 Å². The number of hydrogen-bond acceptors (Lipinski definition) is 4. The molecule has 0 radical (unpaired) electrons. The number of alkyl halides is 3. The van der Waals surface area contributed by atoms with E-state index in [0.29, 0.717) is 21.0 Å². The molecule has 1 aliphatic carbocycles. The van der Waals surface area contributed by atoms with Gasteiger partial charge < -0.3 is 10.2 Å². The zero-order chi connectivity index (χ0) is 31.2. The van der Waals surface area contributed by atoms with Crippen molar-refractivity contribution < 1.29 is 31.2 Å². The second-order valence-corrected chi connectivity index (χ2v) is 12.7. The van der Waals surface area contributed by atoms with Gasteiger partial charge in [-0.15, -0.1) is 0 Å². The van der Waals surface area contributed by atoms with Crippen molar-refractivity contribution in [1.82, 2.24) is 10.2 Å². The van der Waals surface area contributed by atoms with E-state index >= 15 is 0 Å². The molecule has 0 aliphatic heterocycles. The van der Waals surface area contributed by atoms with Crippen LogP contribution in [0.4, 0.5) is 18.9 Å². The van der Waals surface area contributed by atoms with Gasteiger partial charge in [0.15, 0.2) is 0 Å². The normalized spacial score (nSPS) is 14.7. The molecule has 4 rings (SSSR count). The summed E-state index contributed by atoms with van der Waals surface area (Å²) in [7, 11) is -4.49. The van der Waals surface area contributed by atoms with Gasteiger partial charge in [0.2, 0.25) is 11.8 Å². The van der Waals surface area contributed by atoms with Gasteiger partial charge in [-0.25, -0.2) is 8.42 Å². The minimum atomic E-state index is -4.74. The van der Waals surface area contributed by atoms with E-state index in [1.54, 1.807) is 37.3 Å². The average Bonchev–Trinajstić information content (AvgIpc) is 3.49. The lowest BCUT2D eigenvalue weighted by atomic mass is 10.1. The van der Waals surface area contributed by atoms with Crippen molar-refractivity contribution in [1.29, 1.82) is 0 Å². The largest absolute Gasteiger partial charge is 0.416 e. The summed E-state index contributed by atoms with van der Waals surface area (Å²) in [6.45, 7) is 0.861. The molecule has 1 saturated carbocycles. The molecule has 2 amide bonds. The molecule has 1 aliphatic rings. The van der Waals surface area contributed by atoms with E-state index in [1.165, 1.54) is 35.2 Å². The summed E-state index contributed by atoms with van der Waals surface area (Å²) >= 11 is 6.04. The number of nitrogens with zero attached hydrogens (tertiary/aromatic N) is 2. The third kappa shape index (κ3) is 8.08. The second-order valence-electron chi connectivity index (χ2n) is 10.4. The first kappa shape index (κ1) is 32.3. The molecule has 0 spiro atoms. The first-order valence-electron chi connectivity index (χ1n) is 14.0. The fourth-order valence-electron chi connectivity index (χ4n) is 5.16. The smallest absolute Gasteiger partial charge is 0.352 e. The summed E-state index contributed by atoms with van der Waals surface area (Å²) in [5, 5.41) is 3.48. The molecule has 43 heavy (non-hydrogen) atoms. The van der Waals surface area contributed by atoms with Gasteiger partial charge >= 0.3 is 6.18 Å².